The average Bonchev–Trinajstić information content (AvgIpc) is 3.11. The third-order valence-corrected chi connectivity index (χ3v) is 4.54. The first kappa shape index (κ1) is 14.3. The van der Waals surface area contributed by atoms with Crippen molar-refractivity contribution >= 4 is 5.91 Å². The number of amides is 1. The summed E-state index contributed by atoms with van der Waals surface area (Å²) < 4.78 is 7.08. The summed E-state index contributed by atoms with van der Waals surface area (Å²) in [7, 11) is 0. The van der Waals surface area contributed by atoms with Crippen LogP contribution in [-0.4, -0.2) is 48.8 Å². The van der Waals surface area contributed by atoms with Gasteiger partial charge in [0, 0.05) is 31.8 Å². The van der Waals surface area contributed by atoms with Crippen molar-refractivity contribution in [3.05, 3.63) is 24.4 Å². The smallest absolute Gasteiger partial charge is 0.227 e. The molecule has 1 atom stereocenters. The fourth-order valence-corrected chi connectivity index (χ4v) is 3.05. The van der Waals surface area contributed by atoms with Crippen molar-refractivity contribution < 1.29 is 9.32 Å². The molecule has 1 saturated carbocycles. The zero-order valence-electron chi connectivity index (χ0n) is 13.0. The predicted molar refractivity (Wildman–Crippen MR) is 79.5 cm³/mol. The Kier molecular flexibility index (Phi) is 3.80. The normalized spacial score (nSPS) is 21.6. The van der Waals surface area contributed by atoms with E-state index in [9.17, 15) is 4.79 Å². The highest BCUT2D eigenvalue weighted by Gasteiger charge is 2.29. The van der Waals surface area contributed by atoms with Gasteiger partial charge in [-0.1, -0.05) is 5.16 Å². The first-order chi connectivity index (χ1) is 11.3. The van der Waals surface area contributed by atoms with Gasteiger partial charge in [0.05, 0.1) is 6.04 Å². The number of nitrogens with zero attached hydrogens (tertiary/aromatic N) is 6. The first-order valence-corrected chi connectivity index (χ1v) is 8.24. The molecule has 8 heteroatoms. The Hall–Kier alpha value is -2.25. The molecule has 4 rings (SSSR count). The van der Waals surface area contributed by atoms with Crippen LogP contribution in [0.5, 0.6) is 0 Å². The fourth-order valence-electron chi connectivity index (χ4n) is 3.05. The lowest BCUT2D eigenvalue weighted by Gasteiger charge is -2.32. The second kappa shape index (κ2) is 6.10. The molecule has 0 N–H and O–H groups in total. The molecule has 0 unspecified atom stereocenters. The second-order valence-electron chi connectivity index (χ2n) is 6.33. The molecular formula is C15H20N6O2. The molecule has 122 valence electrons. The minimum atomic E-state index is 0.140. The van der Waals surface area contributed by atoms with Gasteiger partial charge in [0.1, 0.15) is 12.7 Å². The van der Waals surface area contributed by atoms with E-state index in [1.54, 1.807) is 6.33 Å². The molecule has 2 aromatic heterocycles. The highest BCUT2D eigenvalue weighted by atomic mass is 16.5. The van der Waals surface area contributed by atoms with Gasteiger partial charge in [-0.2, -0.15) is 10.1 Å². The lowest BCUT2D eigenvalue weighted by Crippen LogP contribution is -2.40. The van der Waals surface area contributed by atoms with E-state index in [1.807, 2.05) is 9.58 Å². The number of piperidine rings is 1. The van der Waals surface area contributed by atoms with Crippen molar-refractivity contribution in [1.82, 2.24) is 29.8 Å². The van der Waals surface area contributed by atoms with Crippen LogP contribution in [0.1, 0.15) is 55.8 Å². The summed E-state index contributed by atoms with van der Waals surface area (Å²) in [6.07, 6.45) is 8.50. The molecule has 1 amide bonds. The standard InChI is InChI=1S/C15H20N6O2/c22-14(6-5-13-18-15(19-23-13)11-3-4-11)20-7-1-2-12(8-20)21-10-16-9-17-21/h9-12H,1-8H2/t12-/m0/s1. The maximum atomic E-state index is 12.4. The van der Waals surface area contributed by atoms with E-state index >= 15 is 0 Å². The molecule has 0 spiro atoms. The van der Waals surface area contributed by atoms with E-state index in [2.05, 4.69) is 20.2 Å². The molecule has 23 heavy (non-hydrogen) atoms. The van der Waals surface area contributed by atoms with Crippen LogP contribution in [-0.2, 0) is 11.2 Å². The largest absolute Gasteiger partial charge is 0.341 e. The molecular weight excluding hydrogens is 296 g/mol. The summed E-state index contributed by atoms with van der Waals surface area (Å²) in [5.41, 5.74) is 0. The average molecular weight is 316 g/mol. The van der Waals surface area contributed by atoms with Crippen molar-refractivity contribution in [1.29, 1.82) is 0 Å². The van der Waals surface area contributed by atoms with Crippen molar-refractivity contribution in [3.8, 4) is 0 Å². The Bertz CT molecular complexity index is 663. The molecule has 1 saturated heterocycles. The Morgan fingerprint density at radius 2 is 2.26 bits per heavy atom. The molecule has 8 nitrogen and oxygen atoms in total. The number of carbonyl (C=O) groups excluding carboxylic acids is 1. The monoisotopic (exact) mass is 316 g/mol. The maximum Gasteiger partial charge on any atom is 0.227 e. The Labute approximate surface area is 133 Å². The molecule has 1 aliphatic heterocycles. The van der Waals surface area contributed by atoms with Crippen LogP contribution in [0, 0.1) is 0 Å². The van der Waals surface area contributed by atoms with Crippen LogP contribution < -0.4 is 0 Å². The van der Waals surface area contributed by atoms with Crippen LogP contribution >= 0.6 is 0 Å². The van der Waals surface area contributed by atoms with Gasteiger partial charge < -0.3 is 9.42 Å². The minimum Gasteiger partial charge on any atom is -0.341 e. The van der Waals surface area contributed by atoms with Gasteiger partial charge in [0.25, 0.3) is 0 Å². The number of rotatable bonds is 5. The number of hydrogen-bond donors (Lipinski definition) is 0. The van der Waals surface area contributed by atoms with E-state index < -0.39 is 0 Å². The molecule has 2 aliphatic rings. The van der Waals surface area contributed by atoms with Crippen molar-refractivity contribution in [2.75, 3.05) is 13.1 Å². The van der Waals surface area contributed by atoms with Crippen molar-refractivity contribution in [2.24, 2.45) is 0 Å². The summed E-state index contributed by atoms with van der Waals surface area (Å²) >= 11 is 0. The molecule has 3 heterocycles. The first-order valence-electron chi connectivity index (χ1n) is 8.24. The zero-order chi connectivity index (χ0) is 15.6. The Morgan fingerprint density at radius 1 is 1.35 bits per heavy atom. The van der Waals surface area contributed by atoms with E-state index in [0.717, 1.165) is 38.1 Å². The number of likely N-dealkylation sites (tertiary alicyclic amines) is 1. The van der Waals surface area contributed by atoms with Gasteiger partial charge in [-0.3, -0.25) is 4.79 Å². The molecule has 0 radical (unpaired) electrons. The van der Waals surface area contributed by atoms with Gasteiger partial charge in [0.15, 0.2) is 5.82 Å². The maximum absolute atomic E-state index is 12.4. The summed E-state index contributed by atoms with van der Waals surface area (Å²) in [4.78, 5) is 22.7. The predicted octanol–water partition coefficient (Wildman–Crippen LogP) is 1.33. The fraction of sp³-hybridized carbons (Fsp3) is 0.667. The van der Waals surface area contributed by atoms with Crippen LogP contribution in [0.3, 0.4) is 0 Å². The SMILES string of the molecule is O=C(CCc1nc(C2CC2)no1)N1CCC[C@H](n2cncn2)C1. The van der Waals surface area contributed by atoms with E-state index in [1.165, 1.54) is 6.33 Å². The minimum absolute atomic E-state index is 0.140. The number of aromatic nitrogens is 5. The van der Waals surface area contributed by atoms with Crippen molar-refractivity contribution in [3.63, 3.8) is 0 Å². The summed E-state index contributed by atoms with van der Waals surface area (Å²) in [6, 6.07) is 0.222. The van der Waals surface area contributed by atoms with Crippen LogP contribution in [0.4, 0.5) is 0 Å². The van der Waals surface area contributed by atoms with Gasteiger partial charge >= 0.3 is 0 Å². The van der Waals surface area contributed by atoms with E-state index in [4.69, 9.17) is 4.52 Å². The van der Waals surface area contributed by atoms with Crippen LogP contribution in [0.15, 0.2) is 17.2 Å². The quantitative estimate of drug-likeness (QED) is 0.826. The van der Waals surface area contributed by atoms with Gasteiger partial charge in [0.2, 0.25) is 11.8 Å². The topological polar surface area (TPSA) is 89.9 Å². The van der Waals surface area contributed by atoms with Crippen LogP contribution in [0.2, 0.25) is 0 Å². The summed E-state index contributed by atoms with van der Waals surface area (Å²) in [5, 5.41) is 8.17. The zero-order valence-corrected chi connectivity index (χ0v) is 13.0. The third kappa shape index (κ3) is 3.25. The summed E-state index contributed by atoms with van der Waals surface area (Å²) in [5.74, 6) is 2.00. The lowest BCUT2D eigenvalue weighted by molar-refractivity contribution is -0.133. The molecule has 1 aliphatic carbocycles. The third-order valence-electron chi connectivity index (χ3n) is 4.54. The Balaban J connectivity index is 1.31. The molecule has 0 bridgehead atoms. The number of carbonyl (C=O) groups is 1. The Morgan fingerprint density at radius 3 is 3.04 bits per heavy atom. The lowest BCUT2D eigenvalue weighted by atomic mass is 10.1. The number of hydrogen-bond acceptors (Lipinski definition) is 6. The van der Waals surface area contributed by atoms with Crippen molar-refractivity contribution in [2.45, 2.75) is 50.5 Å². The summed E-state index contributed by atoms with van der Waals surface area (Å²) in [6.45, 7) is 1.50. The van der Waals surface area contributed by atoms with Crippen LogP contribution in [0.25, 0.3) is 0 Å². The highest BCUT2D eigenvalue weighted by molar-refractivity contribution is 5.76. The van der Waals surface area contributed by atoms with Gasteiger partial charge in [-0.25, -0.2) is 9.67 Å². The molecule has 2 aromatic rings. The molecule has 0 aromatic carbocycles. The van der Waals surface area contributed by atoms with E-state index in [0.29, 0.717) is 31.2 Å². The second-order valence-corrected chi connectivity index (χ2v) is 6.33. The van der Waals surface area contributed by atoms with Gasteiger partial charge in [-0.15, -0.1) is 0 Å². The molecule has 2 fully saturated rings. The van der Waals surface area contributed by atoms with Gasteiger partial charge in [-0.05, 0) is 25.7 Å². The highest BCUT2D eigenvalue weighted by Crippen LogP contribution is 2.38. The van der Waals surface area contributed by atoms with E-state index in [-0.39, 0.29) is 11.9 Å². The number of aryl methyl sites for hydroxylation is 1.